The lowest BCUT2D eigenvalue weighted by molar-refractivity contribution is 0.633. The van der Waals surface area contributed by atoms with Gasteiger partial charge in [0.1, 0.15) is 0 Å². The Labute approximate surface area is 153 Å². The van der Waals surface area contributed by atoms with Crippen molar-refractivity contribution in [1.82, 2.24) is 24.6 Å². The first-order chi connectivity index (χ1) is 12.7. The van der Waals surface area contributed by atoms with Crippen molar-refractivity contribution < 1.29 is 4.39 Å². The zero-order chi connectivity index (χ0) is 17.9. The van der Waals surface area contributed by atoms with Crippen LogP contribution >= 0.6 is 11.8 Å². The summed E-state index contributed by atoms with van der Waals surface area (Å²) in [6.45, 7) is 0.532. The molecule has 1 N–H and O–H groups in total. The van der Waals surface area contributed by atoms with Crippen LogP contribution in [0.2, 0.25) is 0 Å². The van der Waals surface area contributed by atoms with E-state index in [0.29, 0.717) is 17.6 Å². The van der Waals surface area contributed by atoms with Gasteiger partial charge in [-0.2, -0.15) is 19.6 Å². The number of nitrogens with zero attached hydrogens (tertiary/aromatic N) is 5. The van der Waals surface area contributed by atoms with Crippen LogP contribution in [0.1, 0.15) is 5.56 Å². The molecule has 6 nitrogen and oxygen atoms in total. The fourth-order valence-electron chi connectivity index (χ4n) is 2.55. The summed E-state index contributed by atoms with van der Waals surface area (Å²) in [7, 11) is 0. The average molecular weight is 366 g/mol. The second-order valence-electron chi connectivity index (χ2n) is 5.53. The molecule has 4 aromatic rings. The number of nitrogens with one attached hydrogen (secondary N) is 1. The van der Waals surface area contributed by atoms with Crippen molar-refractivity contribution >= 4 is 23.4 Å². The summed E-state index contributed by atoms with van der Waals surface area (Å²) < 4.78 is 15.2. The Kier molecular flexibility index (Phi) is 4.49. The second-order valence-corrected chi connectivity index (χ2v) is 6.30. The highest BCUT2D eigenvalue weighted by Gasteiger charge is 2.12. The lowest BCUT2D eigenvalue weighted by Crippen LogP contribution is -2.09. The normalized spacial score (nSPS) is 11.0. The number of hydrogen-bond donors (Lipinski definition) is 1. The largest absolute Gasteiger partial charge is 0.350 e. The molecule has 0 spiro atoms. The Morgan fingerprint density at radius 3 is 2.69 bits per heavy atom. The zero-order valence-corrected chi connectivity index (χ0v) is 14.7. The Bertz CT molecular complexity index is 1030. The maximum atomic E-state index is 13.8. The number of thioether (sulfide) groups is 1. The summed E-state index contributed by atoms with van der Waals surface area (Å²) in [4.78, 5) is 12.9. The van der Waals surface area contributed by atoms with E-state index in [1.165, 1.54) is 16.3 Å². The fourth-order valence-corrected chi connectivity index (χ4v) is 2.90. The summed E-state index contributed by atoms with van der Waals surface area (Å²) >= 11 is 1.35. The lowest BCUT2D eigenvalue weighted by atomic mass is 10.1. The molecule has 3 heterocycles. The van der Waals surface area contributed by atoms with Crippen molar-refractivity contribution in [2.24, 2.45) is 0 Å². The first-order valence-corrected chi connectivity index (χ1v) is 9.16. The van der Waals surface area contributed by atoms with Crippen LogP contribution in [0.5, 0.6) is 0 Å². The molecule has 0 amide bonds. The number of rotatable bonds is 5. The van der Waals surface area contributed by atoms with Crippen molar-refractivity contribution in [3.63, 3.8) is 0 Å². The number of benzene rings is 1. The van der Waals surface area contributed by atoms with E-state index in [0.717, 1.165) is 23.0 Å². The van der Waals surface area contributed by atoms with Gasteiger partial charge in [-0.15, -0.1) is 0 Å². The number of aromatic nitrogens is 5. The van der Waals surface area contributed by atoms with Crippen LogP contribution in [-0.4, -0.2) is 30.8 Å². The van der Waals surface area contributed by atoms with Gasteiger partial charge in [0.15, 0.2) is 16.6 Å². The number of pyridine rings is 1. The molecule has 0 aliphatic rings. The van der Waals surface area contributed by atoms with Gasteiger partial charge in [-0.05, 0) is 24.0 Å². The topological polar surface area (TPSA) is 68.0 Å². The molecule has 0 aliphatic carbocycles. The van der Waals surface area contributed by atoms with E-state index in [9.17, 15) is 4.39 Å². The number of anilines is 1. The molecule has 3 aromatic heterocycles. The van der Waals surface area contributed by atoms with Crippen LogP contribution in [0.15, 0.2) is 60.0 Å². The van der Waals surface area contributed by atoms with Gasteiger partial charge < -0.3 is 5.32 Å². The van der Waals surface area contributed by atoms with E-state index in [2.05, 4.69) is 25.4 Å². The minimum Gasteiger partial charge on any atom is -0.350 e. The highest BCUT2D eigenvalue weighted by atomic mass is 32.2. The maximum Gasteiger partial charge on any atom is 0.228 e. The van der Waals surface area contributed by atoms with Crippen LogP contribution in [0.4, 0.5) is 10.3 Å². The SMILES string of the molecule is CSc1nc(NCc2ccc(-c3ccccn3)cc2)n2ncc(F)c2n1. The van der Waals surface area contributed by atoms with Gasteiger partial charge in [0.05, 0.1) is 11.9 Å². The van der Waals surface area contributed by atoms with E-state index in [-0.39, 0.29) is 5.65 Å². The average Bonchev–Trinajstić information content (AvgIpc) is 3.08. The molecule has 8 heteroatoms. The molecule has 4 rings (SSSR count). The van der Waals surface area contributed by atoms with Crippen LogP contribution in [0, 0.1) is 5.82 Å². The highest BCUT2D eigenvalue weighted by Crippen LogP contribution is 2.19. The molecule has 0 fully saturated rings. The predicted octanol–water partition coefficient (Wildman–Crippen LogP) is 3.66. The Hall–Kier alpha value is -3.00. The number of halogens is 1. The van der Waals surface area contributed by atoms with E-state index in [4.69, 9.17) is 0 Å². The predicted molar refractivity (Wildman–Crippen MR) is 99.5 cm³/mol. The standard InChI is InChI=1S/C18H15FN6S/c1-26-18-23-16-14(19)11-22-25(16)17(24-18)21-10-12-5-7-13(8-6-12)15-4-2-3-9-20-15/h2-9,11H,10H2,1H3,(H,21,23,24). The van der Waals surface area contributed by atoms with Gasteiger partial charge >= 0.3 is 0 Å². The molecule has 0 bridgehead atoms. The molecule has 0 radical (unpaired) electrons. The van der Waals surface area contributed by atoms with Crippen LogP contribution < -0.4 is 5.32 Å². The molecule has 130 valence electrons. The summed E-state index contributed by atoms with van der Waals surface area (Å²) in [5, 5.41) is 7.69. The summed E-state index contributed by atoms with van der Waals surface area (Å²) in [6.07, 6.45) is 4.76. The summed E-state index contributed by atoms with van der Waals surface area (Å²) in [6, 6.07) is 13.9. The molecule has 0 atom stereocenters. The maximum absolute atomic E-state index is 13.8. The molecule has 0 unspecified atom stereocenters. The van der Waals surface area contributed by atoms with Gasteiger partial charge in [-0.3, -0.25) is 4.98 Å². The van der Waals surface area contributed by atoms with E-state index >= 15 is 0 Å². The molecule has 0 aliphatic heterocycles. The Balaban J connectivity index is 1.55. The van der Waals surface area contributed by atoms with Gasteiger partial charge in [0.25, 0.3) is 0 Å². The number of hydrogen-bond acceptors (Lipinski definition) is 6. The third-order valence-corrected chi connectivity index (χ3v) is 4.40. The van der Waals surface area contributed by atoms with Crippen molar-refractivity contribution in [3.05, 3.63) is 66.2 Å². The molecular formula is C18H15FN6S. The molecular weight excluding hydrogens is 351 g/mol. The van der Waals surface area contributed by atoms with Gasteiger partial charge in [0.2, 0.25) is 5.95 Å². The smallest absolute Gasteiger partial charge is 0.228 e. The second kappa shape index (κ2) is 7.09. The minimum atomic E-state index is -0.467. The van der Waals surface area contributed by atoms with Gasteiger partial charge in [0, 0.05) is 18.3 Å². The van der Waals surface area contributed by atoms with E-state index in [1.54, 1.807) is 6.20 Å². The van der Waals surface area contributed by atoms with Crippen molar-refractivity contribution in [2.45, 2.75) is 11.7 Å². The fraction of sp³-hybridized carbons (Fsp3) is 0.111. The minimum absolute atomic E-state index is 0.164. The monoisotopic (exact) mass is 366 g/mol. The highest BCUT2D eigenvalue weighted by molar-refractivity contribution is 7.98. The lowest BCUT2D eigenvalue weighted by Gasteiger charge is -2.09. The number of fused-ring (bicyclic) bond motifs is 1. The molecule has 26 heavy (non-hydrogen) atoms. The van der Waals surface area contributed by atoms with Gasteiger partial charge in [-0.1, -0.05) is 42.1 Å². The van der Waals surface area contributed by atoms with Crippen molar-refractivity contribution in [3.8, 4) is 11.3 Å². The zero-order valence-electron chi connectivity index (χ0n) is 13.9. The first kappa shape index (κ1) is 16.5. The van der Waals surface area contributed by atoms with Gasteiger partial charge in [-0.25, -0.2) is 4.39 Å². The first-order valence-electron chi connectivity index (χ1n) is 7.94. The quantitative estimate of drug-likeness (QED) is 0.544. The van der Waals surface area contributed by atoms with Crippen LogP contribution in [-0.2, 0) is 6.54 Å². The van der Waals surface area contributed by atoms with Crippen molar-refractivity contribution in [2.75, 3.05) is 11.6 Å². The van der Waals surface area contributed by atoms with Crippen molar-refractivity contribution in [1.29, 1.82) is 0 Å². The third kappa shape index (κ3) is 3.23. The van der Waals surface area contributed by atoms with Crippen LogP contribution in [0.25, 0.3) is 16.9 Å². The van der Waals surface area contributed by atoms with E-state index < -0.39 is 5.82 Å². The molecule has 1 aromatic carbocycles. The van der Waals surface area contributed by atoms with E-state index in [1.807, 2.05) is 48.7 Å². The Morgan fingerprint density at radius 2 is 1.96 bits per heavy atom. The summed E-state index contributed by atoms with van der Waals surface area (Å²) in [5.74, 6) is -0.0116. The Morgan fingerprint density at radius 1 is 1.12 bits per heavy atom. The third-order valence-electron chi connectivity index (χ3n) is 3.85. The summed E-state index contributed by atoms with van der Waals surface area (Å²) in [5.41, 5.74) is 3.21. The molecule has 0 saturated heterocycles. The molecule has 0 saturated carbocycles. The van der Waals surface area contributed by atoms with Crippen LogP contribution in [0.3, 0.4) is 0 Å².